The van der Waals surface area contributed by atoms with Crippen molar-refractivity contribution in [2.75, 3.05) is 17.6 Å². The van der Waals surface area contributed by atoms with E-state index in [-0.39, 0.29) is 29.0 Å². The number of hydrogen-bond donors (Lipinski definition) is 2. The molecule has 0 unspecified atom stereocenters. The second-order valence-electron chi connectivity index (χ2n) is 5.80. The maximum Gasteiger partial charge on any atom is 0.240 e. The molecule has 1 aromatic carbocycles. The van der Waals surface area contributed by atoms with Gasteiger partial charge in [-0.2, -0.15) is 5.26 Å². The predicted octanol–water partition coefficient (Wildman–Crippen LogP) is 1.95. The Morgan fingerprint density at radius 3 is 2.30 bits per heavy atom. The van der Waals surface area contributed by atoms with Crippen LogP contribution in [0, 0.1) is 17.2 Å². The van der Waals surface area contributed by atoms with Gasteiger partial charge in [-0.25, -0.2) is 8.42 Å². The fraction of sp³-hybridized carbons (Fsp3) is 0.500. The Morgan fingerprint density at radius 1 is 1.30 bits per heavy atom. The van der Waals surface area contributed by atoms with Crippen molar-refractivity contribution in [2.24, 2.45) is 5.92 Å². The SMILES string of the molecule is CCS(=O)(=O)c1ccc(NCC(=O)N[C@@](C)(C#N)C(C)C)cc1. The van der Waals surface area contributed by atoms with Crippen LogP contribution in [0.15, 0.2) is 29.2 Å². The van der Waals surface area contributed by atoms with E-state index in [9.17, 15) is 18.5 Å². The minimum absolute atomic E-state index is 0.00383. The molecular weight excluding hydrogens is 314 g/mol. The largest absolute Gasteiger partial charge is 0.376 e. The number of carbonyl (C=O) groups is 1. The molecule has 1 rings (SSSR count). The van der Waals surface area contributed by atoms with Crippen molar-refractivity contribution < 1.29 is 13.2 Å². The van der Waals surface area contributed by atoms with Crippen LogP contribution in [0.5, 0.6) is 0 Å². The highest BCUT2D eigenvalue weighted by atomic mass is 32.2. The normalized spacial score (nSPS) is 13.9. The van der Waals surface area contributed by atoms with E-state index in [1.165, 1.54) is 12.1 Å². The van der Waals surface area contributed by atoms with E-state index < -0.39 is 15.4 Å². The minimum atomic E-state index is -3.23. The molecule has 2 N–H and O–H groups in total. The number of hydrogen-bond acceptors (Lipinski definition) is 5. The molecule has 0 aliphatic carbocycles. The number of nitrogens with zero attached hydrogens (tertiary/aromatic N) is 1. The molecule has 0 aromatic heterocycles. The average Bonchev–Trinajstić information content (AvgIpc) is 2.53. The molecule has 7 heteroatoms. The minimum Gasteiger partial charge on any atom is -0.376 e. The molecule has 0 radical (unpaired) electrons. The molecule has 0 saturated carbocycles. The Labute approximate surface area is 137 Å². The second-order valence-corrected chi connectivity index (χ2v) is 8.08. The quantitative estimate of drug-likeness (QED) is 0.792. The van der Waals surface area contributed by atoms with Gasteiger partial charge in [-0.1, -0.05) is 20.8 Å². The highest BCUT2D eigenvalue weighted by Gasteiger charge is 2.29. The third-order valence-electron chi connectivity index (χ3n) is 3.83. The fourth-order valence-electron chi connectivity index (χ4n) is 1.76. The van der Waals surface area contributed by atoms with Crippen molar-refractivity contribution >= 4 is 21.4 Å². The van der Waals surface area contributed by atoms with Crippen molar-refractivity contribution in [3.8, 4) is 6.07 Å². The molecule has 0 fully saturated rings. The van der Waals surface area contributed by atoms with E-state index >= 15 is 0 Å². The Hall–Kier alpha value is -2.07. The summed E-state index contributed by atoms with van der Waals surface area (Å²) in [6, 6.07) is 8.35. The lowest BCUT2D eigenvalue weighted by Crippen LogP contribution is -2.50. The lowest BCUT2D eigenvalue weighted by molar-refractivity contribution is -0.121. The number of rotatable bonds is 7. The van der Waals surface area contributed by atoms with Gasteiger partial charge in [0.1, 0.15) is 5.54 Å². The zero-order valence-electron chi connectivity index (χ0n) is 13.9. The summed E-state index contributed by atoms with van der Waals surface area (Å²) < 4.78 is 23.4. The summed E-state index contributed by atoms with van der Waals surface area (Å²) in [7, 11) is -3.23. The maximum atomic E-state index is 11.9. The van der Waals surface area contributed by atoms with E-state index in [2.05, 4.69) is 16.7 Å². The number of sulfone groups is 1. The molecule has 6 nitrogen and oxygen atoms in total. The summed E-state index contributed by atoms with van der Waals surface area (Å²) in [5.41, 5.74) is -0.281. The van der Waals surface area contributed by atoms with Crippen LogP contribution in [0.4, 0.5) is 5.69 Å². The van der Waals surface area contributed by atoms with E-state index in [1.807, 2.05) is 13.8 Å². The topological polar surface area (TPSA) is 99.1 Å². The van der Waals surface area contributed by atoms with E-state index in [1.54, 1.807) is 26.0 Å². The zero-order chi connectivity index (χ0) is 17.7. The summed E-state index contributed by atoms with van der Waals surface area (Å²) >= 11 is 0. The summed E-state index contributed by atoms with van der Waals surface area (Å²) in [6.07, 6.45) is 0. The van der Waals surface area contributed by atoms with E-state index in [4.69, 9.17) is 0 Å². The number of nitrogens with one attached hydrogen (secondary N) is 2. The number of benzene rings is 1. The van der Waals surface area contributed by atoms with Crippen molar-refractivity contribution in [1.29, 1.82) is 5.26 Å². The lowest BCUT2D eigenvalue weighted by atomic mass is 9.90. The predicted molar refractivity (Wildman–Crippen MR) is 89.7 cm³/mol. The number of anilines is 1. The Balaban J connectivity index is 2.66. The Kier molecular flexibility index (Phi) is 6.16. The van der Waals surface area contributed by atoms with Crippen molar-refractivity contribution in [3.05, 3.63) is 24.3 Å². The Morgan fingerprint density at radius 2 is 1.87 bits per heavy atom. The van der Waals surface area contributed by atoms with Crippen LogP contribution in [0.3, 0.4) is 0 Å². The zero-order valence-corrected chi connectivity index (χ0v) is 14.7. The van der Waals surface area contributed by atoms with Gasteiger partial charge in [0.15, 0.2) is 9.84 Å². The highest BCUT2D eigenvalue weighted by molar-refractivity contribution is 7.91. The first-order valence-electron chi connectivity index (χ1n) is 7.43. The molecular formula is C16H23N3O3S. The summed E-state index contributed by atoms with van der Waals surface area (Å²) in [5.74, 6) is -0.271. The fourth-order valence-corrected chi connectivity index (χ4v) is 2.65. The maximum absolute atomic E-state index is 11.9. The summed E-state index contributed by atoms with van der Waals surface area (Å²) in [5, 5.41) is 14.8. The molecule has 0 saturated heterocycles. The number of nitriles is 1. The third-order valence-corrected chi connectivity index (χ3v) is 5.58. The van der Waals surface area contributed by atoms with Crippen LogP contribution in [0.2, 0.25) is 0 Å². The second kappa shape index (κ2) is 7.47. The molecule has 126 valence electrons. The van der Waals surface area contributed by atoms with Gasteiger partial charge in [0.2, 0.25) is 5.91 Å². The molecule has 0 spiro atoms. The van der Waals surface area contributed by atoms with Gasteiger partial charge in [0.25, 0.3) is 0 Å². The first-order chi connectivity index (χ1) is 10.6. The molecule has 0 aliphatic heterocycles. The van der Waals surface area contributed by atoms with Gasteiger partial charge in [-0.15, -0.1) is 0 Å². The first-order valence-corrected chi connectivity index (χ1v) is 9.09. The van der Waals surface area contributed by atoms with E-state index in [0.29, 0.717) is 5.69 Å². The monoisotopic (exact) mass is 337 g/mol. The molecule has 23 heavy (non-hydrogen) atoms. The van der Waals surface area contributed by atoms with Crippen LogP contribution >= 0.6 is 0 Å². The van der Waals surface area contributed by atoms with Crippen LogP contribution < -0.4 is 10.6 Å². The third kappa shape index (κ3) is 4.96. The highest BCUT2D eigenvalue weighted by Crippen LogP contribution is 2.16. The van der Waals surface area contributed by atoms with Crippen LogP contribution in [-0.2, 0) is 14.6 Å². The number of amides is 1. The standard InChI is InChI=1S/C16H23N3O3S/c1-5-23(21,22)14-8-6-13(7-9-14)18-10-15(20)19-16(4,11-17)12(2)3/h6-9,12,18H,5,10H2,1-4H3,(H,19,20)/t16-/m0/s1. The molecule has 0 heterocycles. The van der Waals surface area contributed by atoms with Gasteiger partial charge in [0, 0.05) is 5.69 Å². The first kappa shape index (κ1) is 19.0. The number of carbonyl (C=O) groups excluding carboxylic acids is 1. The Bertz CT molecular complexity index is 690. The van der Waals surface area contributed by atoms with Crippen molar-refractivity contribution in [3.63, 3.8) is 0 Å². The molecule has 0 aliphatic rings. The van der Waals surface area contributed by atoms with Gasteiger partial charge in [0.05, 0.1) is 23.3 Å². The van der Waals surface area contributed by atoms with Gasteiger partial charge in [-0.05, 0) is 37.1 Å². The van der Waals surface area contributed by atoms with Crippen LogP contribution in [-0.4, -0.2) is 32.2 Å². The van der Waals surface area contributed by atoms with Gasteiger partial charge < -0.3 is 10.6 Å². The summed E-state index contributed by atoms with van der Waals surface area (Å²) in [6.45, 7) is 7.00. The van der Waals surface area contributed by atoms with Crippen molar-refractivity contribution in [2.45, 2.75) is 38.1 Å². The van der Waals surface area contributed by atoms with Crippen LogP contribution in [0.1, 0.15) is 27.7 Å². The summed E-state index contributed by atoms with van der Waals surface area (Å²) in [4.78, 5) is 12.2. The van der Waals surface area contributed by atoms with Crippen molar-refractivity contribution in [1.82, 2.24) is 5.32 Å². The molecule has 1 aromatic rings. The van der Waals surface area contributed by atoms with Gasteiger partial charge >= 0.3 is 0 Å². The van der Waals surface area contributed by atoms with E-state index in [0.717, 1.165) is 0 Å². The average molecular weight is 337 g/mol. The molecule has 1 amide bonds. The lowest BCUT2D eigenvalue weighted by Gasteiger charge is -2.27. The van der Waals surface area contributed by atoms with Crippen LogP contribution in [0.25, 0.3) is 0 Å². The molecule has 0 bridgehead atoms. The smallest absolute Gasteiger partial charge is 0.240 e. The molecule has 1 atom stereocenters. The van der Waals surface area contributed by atoms with Gasteiger partial charge in [-0.3, -0.25) is 4.79 Å².